The summed E-state index contributed by atoms with van der Waals surface area (Å²) in [7, 11) is -3.14. The van der Waals surface area contributed by atoms with Gasteiger partial charge in [-0.1, -0.05) is 32.3 Å². The van der Waals surface area contributed by atoms with Crippen molar-refractivity contribution in [2.45, 2.75) is 70.4 Å². The highest BCUT2D eigenvalue weighted by molar-refractivity contribution is 7.88. The maximum absolute atomic E-state index is 12.4. The number of benzene rings is 1. The Hall–Kier alpha value is -0.820. The van der Waals surface area contributed by atoms with Crippen molar-refractivity contribution in [2.24, 2.45) is 5.92 Å². The number of piperidine rings is 2. The quantitative estimate of drug-likeness (QED) is 0.570. The van der Waals surface area contributed by atoms with Gasteiger partial charge in [-0.25, -0.2) is 8.42 Å². The van der Waals surface area contributed by atoms with Gasteiger partial charge < -0.3 is 4.74 Å². The molecule has 0 radical (unpaired) electrons. The first-order valence-electron chi connectivity index (χ1n) is 11.4. The highest BCUT2D eigenvalue weighted by Crippen LogP contribution is 2.44. The number of fused-ring (bicyclic) bond motifs is 4. The van der Waals surface area contributed by atoms with Gasteiger partial charge in [-0.05, 0) is 61.3 Å². The van der Waals surface area contributed by atoms with Crippen molar-refractivity contribution >= 4 is 22.4 Å². The summed E-state index contributed by atoms with van der Waals surface area (Å²) in [6.45, 7) is 5.80. The molecule has 3 atom stereocenters. The Morgan fingerprint density at radius 1 is 1.17 bits per heavy atom. The molecular formula is C23H37ClN2O3S. The molecule has 7 heteroatoms. The molecule has 3 aliphatic heterocycles. The van der Waals surface area contributed by atoms with Crippen molar-refractivity contribution < 1.29 is 13.2 Å². The van der Waals surface area contributed by atoms with E-state index in [0.29, 0.717) is 18.5 Å². The molecule has 0 bridgehead atoms. The Balaban J connectivity index is 0.00000256. The van der Waals surface area contributed by atoms with Crippen LogP contribution in [0.25, 0.3) is 0 Å². The molecule has 0 unspecified atom stereocenters. The zero-order valence-electron chi connectivity index (χ0n) is 18.4. The first-order chi connectivity index (χ1) is 14.0. The molecule has 2 fully saturated rings. The average molecular weight is 457 g/mol. The topological polar surface area (TPSA) is 49.9 Å². The maximum Gasteiger partial charge on any atom is 0.211 e. The fourth-order valence-corrected chi connectivity index (χ4v) is 6.82. The van der Waals surface area contributed by atoms with E-state index in [2.05, 4.69) is 30.0 Å². The second-order valence-corrected chi connectivity index (χ2v) is 11.0. The van der Waals surface area contributed by atoms with Gasteiger partial charge in [0.1, 0.15) is 5.75 Å². The predicted molar refractivity (Wildman–Crippen MR) is 124 cm³/mol. The lowest BCUT2D eigenvalue weighted by Gasteiger charge is -2.51. The maximum atomic E-state index is 12.4. The Bertz CT molecular complexity index is 817. The van der Waals surface area contributed by atoms with Crippen molar-refractivity contribution in [3.63, 3.8) is 0 Å². The van der Waals surface area contributed by atoms with E-state index in [1.54, 1.807) is 4.31 Å². The van der Waals surface area contributed by atoms with Crippen LogP contribution in [0, 0.1) is 5.92 Å². The summed E-state index contributed by atoms with van der Waals surface area (Å²) >= 11 is 0. The van der Waals surface area contributed by atoms with Gasteiger partial charge in [-0.2, -0.15) is 4.31 Å². The molecule has 3 heterocycles. The van der Waals surface area contributed by atoms with Crippen molar-refractivity contribution in [3.05, 3.63) is 29.3 Å². The van der Waals surface area contributed by atoms with Crippen LogP contribution in [-0.4, -0.2) is 56.2 Å². The monoisotopic (exact) mass is 456 g/mol. The molecule has 4 rings (SSSR count). The van der Waals surface area contributed by atoms with E-state index in [-0.39, 0.29) is 18.4 Å². The summed E-state index contributed by atoms with van der Waals surface area (Å²) in [4.78, 5) is 2.60. The summed E-state index contributed by atoms with van der Waals surface area (Å²) in [6, 6.07) is 7.07. The number of rotatable bonds is 7. The van der Waals surface area contributed by atoms with Crippen LogP contribution in [0.2, 0.25) is 0 Å². The van der Waals surface area contributed by atoms with E-state index in [1.165, 1.54) is 36.6 Å². The van der Waals surface area contributed by atoms with Gasteiger partial charge in [0.2, 0.25) is 10.0 Å². The van der Waals surface area contributed by atoms with Crippen molar-refractivity contribution in [3.8, 4) is 5.75 Å². The highest BCUT2D eigenvalue weighted by atomic mass is 35.5. The fraction of sp³-hybridized carbons (Fsp3) is 0.739. The minimum Gasteiger partial charge on any atom is -0.494 e. The molecule has 0 aromatic heterocycles. The molecule has 0 aliphatic carbocycles. The molecule has 0 N–H and O–H groups in total. The first-order valence-corrected chi connectivity index (χ1v) is 13.3. The lowest BCUT2D eigenvalue weighted by atomic mass is 9.77. The average Bonchev–Trinajstić information content (AvgIpc) is 2.70. The van der Waals surface area contributed by atoms with Gasteiger partial charge in [-0.3, -0.25) is 4.90 Å². The third-order valence-electron chi connectivity index (χ3n) is 7.08. The SMILES string of the molecule is CCCCCCOc1ccc2c(c1)CCN1C[C@H]3CCCN(S(C)(=O)=O)[C@H]3C[C@@H]21.Cl. The van der Waals surface area contributed by atoms with Crippen molar-refractivity contribution in [1.82, 2.24) is 9.21 Å². The van der Waals surface area contributed by atoms with Crippen molar-refractivity contribution in [2.75, 3.05) is 32.5 Å². The van der Waals surface area contributed by atoms with Gasteiger partial charge >= 0.3 is 0 Å². The largest absolute Gasteiger partial charge is 0.494 e. The Morgan fingerprint density at radius 2 is 2.00 bits per heavy atom. The molecule has 5 nitrogen and oxygen atoms in total. The number of halogens is 1. The Morgan fingerprint density at radius 3 is 2.77 bits per heavy atom. The molecule has 30 heavy (non-hydrogen) atoms. The molecule has 1 aromatic carbocycles. The third kappa shape index (κ3) is 5.14. The fourth-order valence-electron chi connectivity index (χ4n) is 5.61. The van der Waals surface area contributed by atoms with Crippen LogP contribution in [-0.2, 0) is 16.4 Å². The summed E-state index contributed by atoms with van der Waals surface area (Å²) in [5.41, 5.74) is 2.77. The van der Waals surface area contributed by atoms with E-state index in [1.807, 2.05) is 0 Å². The van der Waals surface area contributed by atoms with Gasteiger partial charge in [0.15, 0.2) is 0 Å². The van der Waals surface area contributed by atoms with Gasteiger partial charge in [0.25, 0.3) is 0 Å². The first kappa shape index (κ1) is 23.8. The number of hydrogen-bond acceptors (Lipinski definition) is 4. The number of nitrogens with zero attached hydrogens (tertiary/aromatic N) is 2. The minimum atomic E-state index is -3.14. The minimum absolute atomic E-state index is 0. The molecule has 3 aliphatic rings. The Labute approximate surface area is 188 Å². The van der Waals surface area contributed by atoms with Crippen LogP contribution in [0.5, 0.6) is 5.75 Å². The number of sulfonamides is 1. The smallest absolute Gasteiger partial charge is 0.211 e. The molecule has 0 spiro atoms. The highest BCUT2D eigenvalue weighted by Gasteiger charge is 2.44. The van der Waals surface area contributed by atoms with Crippen LogP contribution in [0.4, 0.5) is 0 Å². The molecule has 2 saturated heterocycles. The van der Waals surface area contributed by atoms with E-state index in [4.69, 9.17) is 4.74 Å². The third-order valence-corrected chi connectivity index (χ3v) is 8.38. The van der Waals surface area contributed by atoms with E-state index < -0.39 is 10.0 Å². The molecule has 1 aromatic rings. The molecular weight excluding hydrogens is 420 g/mol. The van der Waals surface area contributed by atoms with E-state index >= 15 is 0 Å². The van der Waals surface area contributed by atoms with E-state index in [0.717, 1.165) is 57.6 Å². The van der Waals surface area contributed by atoms with Crippen molar-refractivity contribution in [1.29, 1.82) is 0 Å². The Kier molecular flexibility index (Phi) is 8.10. The molecule has 0 saturated carbocycles. The van der Waals surface area contributed by atoms with Gasteiger partial charge in [0, 0.05) is 31.7 Å². The second kappa shape index (κ2) is 10.2. The second-order valence-electron chi connectivity index (χ2n) is 9.11. The van der Waals surface area contributed by atoms with Crippen LogP contribution in [0.15, 0.2) is 18.2 Å². The van der Waals surface area contributed by atoms with Crippen LogP contribution >= 0.6 is 12.4 Å². The molecule has 170 valence electrons. The summed E-state index contributed by atoms with van der Waals surface area (Å²) in [5, 5.41) is 0. The molecule has 0 amide bonds. The zero-order valence-corrected chi connectivity index (χ0v) is 20.0. The summed E-state index contributed by atoms with van der Waals surface area (Å²) < 4.78 is 32.5. The van der Waals surface area contributed by atoms with Crippen LogP contribution in [0.1, 0.15) is 69.0 Å². The van der Waals surface area contributed by atoms with Crippen LogP contribution in [0.3, 0.4) is 0 Å². The summed E-state index contributed by atoms with van der Waals surface area (Å²) in [5.74, 6) is 1.46. The van der Waals surface area contributed by atoms with Gasteiger partial charge in [-0.15, -0.1) is 12.4 Å². The normalized spacial score (nSPS) is 26.8. The number of ether oxygens (including phenoxy) is 1. The van der Waals surface area contributed by atoms with Gasteiger partial charge in [0.05, 0.1) is 12.9 Å². The lowest BCUT2D eigenvalue weighted by Crippen LogP contribution is -2.57. The summed E-state index contributed by atoms with van der Waals surface area (Å²) in [6.07, 6.45) is 10.4. The standard InChI is InChI=1S/C23H36N2O3S.ClH/c1-3-4-5-6-14-28-20-9-10-21-18(15-20)11-13-24-17-19-8-7-12-25(29(2,26)27)22(19)16-23(21)24;/h9-10,15,19,22-23H,3-8,11-14,16-17H2,1-2H3;1H/t19-,22+,23+;/m1./s1. The van der Waals surface area contributed by atoms with Crippen LogP contribution < -0.4 is 4.74 Å². The van der Waals surface area contributed by atoms with E-state index in [9.17, 15) is 8.42 Å². The zero-order chi connectivity index (χ0) is 20.4. The number of unbranched alkanes of at least 4 members (excludes halogenated alkanes) is 3. The lowest BCUT2D eigenvalue weighted by molar-refractivity contribution is 0.0222. The predicted octanol–water partition coefficient (Wildman–Crippen LogP) is 4.41. The number of hydrogen-bond donors (Lipinski definition) is 0.